The van der Waals surface area contributed by atoms with Gasteiger partial charge < -0.3 is 15.4 Å². The quantitative estimate of drug-likeness (QED) is 0.612. The van der Waals surface area contributed by atoms with E-state index in [-0.39, 0.29) is 36.0 Å². The summed E-state index contributed by atoms with van der Waals surface area (Å²) < 4.78 is 41.4. The Morgan fingerprint density at radius 3 is 2.53 bits per heavy atom. The van der Waals surface area contributed by atoms with Gasteiger partial charge in [-0.1, -0.05) is 0 Å². The minimum Gasteiger partial charge on any atom is -0.385 e. The summed E-state index contributed by atoms with van der Waals surface area (Å²) >= 11 is 0. The number of aliphatic hydroxyl groups excluding tert-OH is 1. The molecule has 1 atom stereocenters. The number of aromatic amines is 1. The Hall–Kier alpha value is -3.46. The summed E-state index contributed by atoms with van der Waals surface area (Å²) in [6.45, 7) is -0.0132. The molecule has 2 amide bonds. The van der Waals surface area contributed by atoms with Crippen LogP contribution in [0.4, 0.5) is 13.2 Å². The second-order valence-corrected chi connectivity index (χ2v) is 6.91. The van der Waals surface area contributed by atoms with E-state index < -0.39 is 35.4 Å². The molecule has 154 valence electrons. The molecule has 0 radical (unpaired) electrons. The Bertz CT molecular complexity index is 1190. The van der Waals surface area contributed by atoms with Gasteiger partial charge in [-0.25, -0.2) is 18.2 Å². The van der Waals surface area contributed by atoms with Gasteiger partial charge >= 0.3 is 0 Å². The first-order chi connectivity index (χ1) is 14.3. The smallest absolute Gasteiger partial charge is 0.268 e. The van der Waals surface area contributed by atoms with Crippen molar-refractivity contribution in [3.63, 3.8) is 0 Å². The van der Waals surface area contributed by atoms with Crippen LogP contribution in [0.5, 0.6) is 0 Å². The third kappa shape index (κ3) is 3.71. The number of carbonyl (C=O) groups is 2. The van der Waals surface area contributed by atoms with Gasteiger partial charge in [0.15, 0.2) is 0 Å². The molecular weight excluding hydrogens is 399 g/mol. The van der Waals surface area contributed by atoms with Crippen molar-refractivity contribution in [1.29, 1.82) is 0 Å². The van der Waals surface area contributed by atoms with E-state index in [4.69, 9.17) is 0 Å². The molecule has 30 heavy (non-hydrogen) atoms. The van der Waals surface area contributed by atoms with Gasteiger partial charge in [-0.2, -0.15) is 0 Å². The first kappa shape index (κ1) is 19.8. The van der Waals surface area contributed by atoms with E-state index in [0.29, 0.717) is 16.8 Å². The van der Waals surface area contributed by atoms with Gasteiger partial charge in [-0.05, 0) is 47.9 Å². The number of aliphatic imine (C=N–C) groups is 1. The molecule has 4 rings (SSSR count). The van der Waals surface area contributed by atoms with Crippen molar-refractivity contribution in [2.75, 3.05) is 6.54 Å². The van der Waals surface area contributed by atoms with E-state index in [1.807, 2.05) is 0 Å². The summed E-state index contributed by atoms with van der Waals surface area (Å²) in [4.78, 5) is 30.4. The molecule has 3 aromatic rings. The number of fused-ring (bicyclic) bond motifs is 1. The highest BCUT2D eigenvalue weighted by molar-refractivity contribution is 6.43. The summed E-state index contributed by atoms with van der Waals surface area (Å²) in [6, 6.07) is 7.34. The number of amides is 2. The zero-order valence-electron chi connectivity index (χ0n) is 15.5. The minimum atomic E-state index is -1.16. The van der Waals surface area contributed by atoms with E-state index in [2.05, 4.69) is 15.3 Å². The number of H-pyrrole nitrogens is 1. The van der Waals surface area contributed by atoms with E-state index in [0.717, 1.165) is 12.1 Å². The first-order valence-corrected chi connectivity index (χ1v) is 9.16. The number of aromatic nitrogens is 1. The van der Waals surface area contributed by atoms with Crippen molar-refractivity contribution >= 4 is 28.4 Å². The highest BCUT2D eigenvalue weighted by atomic mass is 19.1. The van der Waals surface area contributed by atoms with Gasteiger partial charge in [-0.3, -0.25) is 9.59 Å². The Morgan fingerprint density at radius 2 is 1.87 bits per heavy atom. The van der Waals surface area contributed by atoms with Crippen molar-refractivity contribution in [2.45, 2.75) is 18.9 Å². The molecule has 6 nitrogen and oxygen atoms in total. The molecule has 0 unspecified atom stereocenters. The molecule has 0 aliphatic carbocycles. The number of halogens is 3. The Balaban J connectivity index is 1.70. The predicted octanol–water partition coefficient (Wildman–Crippen LogP) is 2.64. The van der Waals surface area contributed by atoms with Crippen LogP contribution in [0.2, 0.25) is 0 Å². The van der Waals surface area contributed by atoms with Gasteiger partial charge in [-0.15, -0.1) is 0 Å². The molecule has 1 aliphatic rings. The topological polar surface area (TPSA) is 94.5 Å². The molecule has 9 heteroatoms. The maximum absolute atomic E-state index is 14.3. The number of aliphatic hydroxyl groups is 1. The fourth-order valence-electron chi connectivity index (χ4n) is 3.47. The van der Waals surface area contributed by atoms with Crippen LogP contribution in [0.1, 0.15) is 12.0 Å². The summed E-state index contributed by atoms with van der Waals surface area (Å²) in [6.07, 6.45) is -1.27. The maximum atomic E-state index is 14.3. The number of rotatable bonds is 4. The number of β-amino-alcohol motifs (C(OH)–C–C–N with tert-alkyl or cyclic N) is 1. The lowest BCUT2D eigenvalue weighted by molar-refractivity contribution is -0.118. The van der Waals surface area contributed by atoms with Crippen LogP contribution in [0.25, 0.3) is 22.2 Å². The number of hydrogen-bond acceptors (Lipinski definition) is 3. The normalized spacial score (nSPS) is 17.7. The molecule has 0 saturated carbocycles. The summed E-state index contributed by atoms with van der Waals surface area (Å²) in [5.41, 5.74) is 1.23. The molecule has 1 saturated heterocycles. The van der Waals surface area contributed by atoms with Crippen LogP contribution >= 0.6 is 0 Å². The lowest BCUT2D eigenvalue weighted by Crippen LogP contribution is -2.23. The molecule has 0 bridgehead atoms. The fourth-order valence-corrected chi connectivity index (χ4v) is 3.47. The van der Waals surface area contributed by atoms with E-state index in [1.54, 1.807) is 0 Å². The Kier molecular flexibility index (Phi) is 5.13. The number of nitrogens with zero attached hydrogens (tertiary/aromatic N) is 1. The highest BCUT2D eigenvalue weighted by Crippen LogP contribution is 2.33. The summed E-state index contributed by atoms with van der Waals surface area (Å²) in [7, 11) is 0. The van der Waals surface area contributed by atoms with Crippen molar-refractivity contribution < 1.29 is 27.9 Å². The average molecular weight is 415 g/mol. The van der Waals surface area contributed by atoms with Crippen LogP contribution in [0.3, 0.4) is 0 Å². The number of carbonyl (C=O) groups excluding carboxylic acids is 2. The second-order valence-electron chi connectivity index (χ2n) is 6.91. The van der Waals surface area contributed by atoms with Crippen molar-refractivity contribution in [1.82, 2.24) is 10.3 Å². The standard InChI is InChI=1S/C21H16F3N3O3/c22-11-3-1-10(2-4-11)18-13(14-7-12(23)8-15(24)19(14)27-18)5-6-17(29)26-20-16(28)9-25-21(20)30/h1-4,7-8,16,27-28H,5-6,9H2,(H,25,30)/t16-/m1/s1. The van der Waals surface area contributed by atoms with Crippen molar-refractivity contribution in [3.05, 3.63) is 59.4 Å². The van der Waals surface area contributed by atoms with Crippen LogP contribution in [-0.2, 0) is 16.0 Å². The van der Waals surface area contributed by atoms with Gasteiger partial charge in [0.05, 0.1) is 5.52 Å². The molecule has 2 heterocycles. The Morgan fingerprint density at radius 1 is 1.13 bits per heavy atom. The monoisotopic (exact) mass is 415 g/mol. The number of hydrogen-bond donors (Lipinski definition) is 3. The van der Waals surface area contributed by atoms with Crippen LogP contribution in [-0.4, -0.2) is 40.3 Å². The van der Waals surface area contributed by atoms with Gasteiger partial charge in [0.25, 0.3) is 5.91 Å². The third-order valence-electron chi connectivity index (χ3n) is 4.90. The zero-order valence-corrected chi connectivity index (χ0v) is 15.5. The SMILES string of the molecule is O=C(CCc1c(-c2ccc(F)cc2)[nH]c2c(F)cc(F)cc12)N=C1C(=O)NC[C@H]1O. The van der Waals surface area contributed by atoms with Crippen LogP contribution in [0.15, 0.2) is 41.4 Å². The minimum absolute atomic E-state index is 0.0132. The number of nitrogens with one attached hydrogen (secondary N) is 2. The summed E-state index contributed by atoms with van der Waals surface area (Å²) in [5, 5.41) is 12.3. The predicted molar refractivity (Wildman–Crippen MR) is 103 cm³/mol. The number of aryl methyl sites for hydroxylation is 1. The lowest BCUT2D eigenvalue weighted by atomic mass is 10.0. The molecule has 3 N–H and O–H groups in total. The van der Waals surface area contributed by atoms with Gasteiger partial charge in [0, 0.05) is 30.1 Å². The van der Waals surface area contributed by atoms with Crippen molar-refractivity contribution in [2.24, 2.45) is 4.99 Å². The summed E-state index contributed by atoms with van der Waals surface area (Å²) in [5.74, 6) is -3.29. The van der Waals surface area contributed by atoms with Crippen LogP contribution in [0, 0.1) is 17.5 Å². The molecular formula is C21H16F3N3O3. The number of benzene rings is 2. The van der Waals surface area contributed by atoms with Crippen LogP contribution < -0.4 is 5.32 Å². The molecule has 1 fully saturated rings. The largest absolute Gasteiger partial charge is 0.385 e. The lowest BCUT2D eigenvalue weighted by Gasteiger charge is -2.05. The third-order valence-corrected chi connectivity index (χ3v) is 4.90. The van der Waals surface area contributed by atoms with Crippen molar-refractivity contribution in [3.8, 4) is 11.3 Å². The molecule has 0 spiro atoms. The zero-order chi connectivity index (χ0) is 21.4. The average Bonchev–Trinajstić information content (AvgIpc) is 3.22. The molecule has 1 aromatic heterocycles. The fraction of sp³-hybridized carbons (Fsp3) is 0.190. The highest BCUT2D eigenvalue weighted by Gasteiger charge is 2.29. The second kappa shape index (κ2) is 7.75. The molecule has 1 aliphatic heterocycles. The van der Waals surface area contributed by atoms with E-state index in [9.17, 15) is 27.9 Å². The van der Waals surface area contributed by atoms with E-state index >= 15 is 0 Å². The maximum Gasteiger partial charge on any atom is 0.268 e. The molecule has 2 aromatic carbocycles. The van der Waals surface area contributed by atoms with Gasteiger partial charge in [0.1, 0.15) is 29.3 Å². The van der Waals surface area contributed by atoms with Gasteiger partial charge in [0.2, 0.25) is 5.91 Å². The first-order valence-electron chi connectivity index (χ1n) is 9.16. The Labute approximate surface area is 168 Å². The van der Waals surface area contributed by atoms with E-state index in [1.165, 1.54) is 24.3 Å².